The van der Waals surface area contributed by atoms with E-state index in [0.29, 0.717) is 23.7 Å². The van der Waals surface area contributed by atoms with Gasteiger partial charge < -0.3 is 9.47 Å². The largest absolute Gasteiger partial charge is 0.497 e. The molecule has 1 aromatic carbocycles. The Bertz CT molecular complexity index is 754. The highest BCUT2D eigenvalue weighted by atomic mass is 32.2. The van der Waals surface area contributed by atoms with Crippen LogP contribution in [0.4, 0.5) is 0 Å². The van der Waals surface area contributed by atoms with Crippen LogP contribution in [-0.2, 0) is 14.8 Å². The Morgan fingerprint density at radius 1 is 1.36 bits per heavy atom. The van der Waals surface area contributed by atoms with Crippen molar-refractivity contribution in [2.45, 2.75) is 11.3 Å². The number of nitrogens with zero attached hydrogens (tertiary/aromatic N) is 2. The van der Waals surface area contributed by atoms with Crippen LogP contribution in [0, 0.1) is 0 Å². The molecule has 0 bridgehead atoms. The van der Waals surface area contributed by atoms with E-state index < -0.39 is 10.0 Å². The van der Waals surface area contributed by atoms with E-state index in [-0.39, 0.29) is 10.2 Å². The number of nitrogens with one attached hydrogen (secondary N) is 1. The van der Waals surface area contributed by atoms with Gasteiger partial charge >= 0.3 is 0 Å². The second-order valence-electron chi connectivity index (χ2n) is 4.07. The molecule has 0 aliphatic carbocycles. The Kier molecular flexibility index (Phi) is 4.99. The average molecular weight is 341 g/mol. The summed E-state index contributed by atoms with van der Waals surface area (Å²) in [5.41, 5.74) is 0.696. The van der Waals surface area contributed by atoms with Gasteiger partial charge in [0.1, 0.15) is 5.75 Å². The highest BCUT2D eigenvalue weighted by Crippen LogP contribution is 2.23. The molecule has 0 unspecified atom stereocenters. The number of sulfonamides is 1. The maximum Gasteiger partial charge on any atom is 0.293 e. The average Bonchev–Trinajstić information content (AvgIpc) is 2.98. The van der Waals surface area contributed by atoms with Gasteiger partial charge in [-0.3, -0.25) is 0 Å². The Morgan fingerprint density at radius 2 is 2.05 bits per heavy atom. The fourth-order valence-corrected chi connectivity index (χ4v) is 3.29. The number of hydrogen-bond acceptors (Lipinski definition) is 7. The molecule has 1 N–H and O–H groups in total. The van der Waals surface area contributed by atoms with Gasteiger partial charge in [0.05, 0.1) is 13.7 Å². The molecule has 0 aliphatic heterocycles. The molecule has 22 heavy (non-hydrogen) atoms. The van der Waals surface area contributed by atoms with E-state index in [2.05, 4.69) is 20.7 Å². The third kappa shape index (κ3) is 3.74. The summed E-state index contributed by atoms with van der Waals surface area (Å²) in [6.45, 7) is 5.51. The predicted octanol–water partition coefficient (Wildman–Crippen LogP) is 2.00. The topological polar surface area (TPSA) is 90.4 Å². The van der Waals surface area contributed by atoms with Crippen LogP contribution in [-0.4, -0.2) is 31.5 Å². The highest BCUT2D eigenvalue weighted by Gasteiger charge is 2.21. The Balaban J connectivity index is 2.21. The molecule has 0 atom stereocenters. The van der Waals surface area contributed by atoms with Gasteiger partial charge in [-0.25, -0.2) is 9.71 Å². The van der Waals surface area contributed by atoms with Crippen molar-refractivity contribution in [2.75, 3.05) is 13.7 Å². The molecule has 0 saturated heterocycles. The van der Waals surface area contributed by atoms with E-state index in [1.807, 2.05) is 0 Å². The monoisotopic (exact) mass is 341 g/mol. The van der Waals surface area contributed by atoms with Gasteiger partial charge in [0.15, 0.2) is 11.7 Å². The first-order valence-electron chi connectivity index (χ1n) is 6.29. The zero-order valence-corrected chi connectivity index (χ0v) is 13.7. The maximum atomic E-state index is 12.1. The van der Waals surface area contributed by atoms with Gasteiger partial charge in [-0.15, -0.1) is 0 Å². The Morgan fingerprint density at radius 3 is 2.64 bits per heavy atom. The second-order valence-corrected chi connectivity index (χ2v) is 6.68. The molecule has 0 spiro atoms. The van der Waals surface area contributed by atoms with Gasteiger partial charge in [-0.1, -0.05) is 0 Å². The number of ether oxygens (including phenoxy) is 2. The fraction of sp³-hybridized carbons (Fsp3) is 0.231. The third-order valence-electron chi connectivity index (χ3n) is 2.55. The normalized spacial score (nSPS) is 11.0. The van der Waals surface area contributed by atoms with Crippen molar-refractivity contribution in [3.63, 3.8) is 0 Å². The number of hydrogen-bond donors (Lipinski definition) is 1. The Labute approximate surface area is 132 Å². The number of aromatic nitrogens is 2. The van der Waals surface area contributed by atoms with Crippen molar-refractivity contribution < 1.29 is 17.9 Å². The molecule has 2 rings (SSSR count). The minimum atomic E-state index is -3.84. The van der Waals surface area contributed by atoms with Crippen LogP contribution in [0.5, 0.6) is 5.75 Å². The lowest BCUT2D eigenvalue weighted by Crippen LogP contribution is -2.23. The van der Waals surface area contributed by atoms with E-state index in [9.17, 15) is 8.42 Å². The van der Waals surface area contributed by atoms with Crippen LogP contribution < -0.4 is 9.46 Å². The zero-order valence-electron chi connectivity index (χ0n) is 12.1. The molecule has 9 heteroatoms. The maximum absolute atomic E-state index is 12.1. The molecule has 118 valence electrons. The molecule has 1 aromatic heterocycles. The summed E-state index contributed by atoms with van der Waals surface area (Å²) in [5.74, 6) is 0.972. The van der Waals surface area contributed by atoms with E-state index in [0.717, 1.165) is 11.5 Å². The molecule has 0 fully saturated rings. The van der Waals surface area contributed by atoms with Crippen LogP contribution in [0.1, 0.15) is 6.92 Å². The summed E-state index contributed by atoms with van der Waals surface area (Å²) in [4.78, 5) is 4.04. The van der Waals surface area contributed by atoms with Crippen molar-refractivity contribution in [1.29, 1.82) is 0 Å². The lowest BCUT2D eigenvalue weighted by Gasteiger charge is -2.07. The minimum Gasteiger partial charge on any atom is -0.497 e. The standard InChI is InChI=1S/C13H15N3O4S2/c1-4-20-9(2)16-22(17,18)13-14-12(15-21-13)10-5-7-11(19-3)8-6-10/h5-8,16H,2,4H2,1,3H3. The van der Waals surface area contributed by atoms with Crippen molar-refractivity contribution in [1.82, 2.24) is 14.1 Å². The second kappa shape index (κ2) is 6.75. The van der Waals surface area contributed by atoms with Crippen molar-refractivity contribution in [3.05, 3.63) is 36.7 Å². The van der Waals surface area contributed by atoms with Crippen LogP contribution in [0.15, 0.2) is 41.1 Å². The van der Waals surface area contributed by atoms with E-state index in [4.69, 9.17) is 9.47 Å². The highest BCUT2D eigenvalue weighted by molar-refractivity contribution is 7.91. The van der Waals surface area contributed by atoms with Crippen molar-refractivity contribution >= 4 is 21.6 Å². The van der Waals surface area contributed by atoms with Gasteiger partial charge in [0.25, 0.3) is 10.0 Å². The molecule has 0 radical (unpaired) electrons. The van der Waals surface area contributed by atoms with Gasteiger partial charge in [0, 0.05) is 17.1 Å². The summed E-state index contributed by atoms with van der Waals surface area (Å²) in [7, 11) is -2.27. The molecule has 2 aromatic rings. The SMILES string of the molecule is C=C(NS(=O)(=O)c1nc(-c2ccc(OC)cc2)ns1)OCC. The van der Waals surface area contributed by atoms with Crippen LogP contribution in [0.25, 0.3) is 11.4 Å². The fourth-order valence-electron chi connectivity index (χ4n) is 1.57. The zero-order chi connectivity index (χ0) is 16.2. The van der Waals surface area contributed by atoms with Crippen molar-refractivity contribution in [2.24, 2.45) is 0 Å². The first-order chi connectivity index (χ1) is 10.5. The molecular formula is C13H15N3O4S2. The summed E-state index contributed by atoms with van der Waals surface area (Å²) in [6.07, 6.45) is 0. The van der Waals surface area contributed by atoms with Crippen LogP contribution in [0.2, 0.25) is 0 Å². The van der Waals surface area contributed by atoms with Gasteiger partial charge in [-0.2, -0.15) is 12.8 Å². The summed E-state index contributed by atoms with van der Waals surface area (Å²) in [6, 6.07) is 7.01. The molecule has 7 nitrogen and oxygen atoms in total. The summed E-state index contributed by atoms with van der Waals surface area (Å²) in [5, 5.41) is 0. The van der Waals surface area contributed by atoms with Crippen molar-refractivity contribution in [3.8, 4) is 17.1 Å². The number of rotatable bonds is 7. The molecule has 0 amide bonds. The first kappa shape index (κ1) is 16.2. The van der Waals surface area contributed by atoms with Gasteiger partial charge in [-0.05, 0) is 37.8 Å². The van der Waals surface area contributed by atoms with E-state index >= 15 is 0 Å². The third-order valence-corrected chi connectivity index (χ3v) is 4.99. The molecular weight excluding hydrogens is 326 g/mol. The molecule has 0 aliphatic rings. The number of benzene rings is 1. The van der Waals surface area contributed by atoms with E-state index in [1.54, 1.807) is 38.3 Å². The van der Waals surface area contributed by atoms with Crippen LogP contribution in [0.3, 0.4) is 0 Å². The lowest BCUT2D eigenvalue weighted by molar-refractivity contribution is 0.220. The minimum absolute atomic E-state index is 0.0521. The summed E-state index contributed by atoms with van der Waals surface area (Å²) < 4.78 is 40.3. The smallest absolute Gasteiger partial charge is 0.293 e. The number of methoxy groups -OCH3 is 1. The quantitative estimate of drug-likeness (QED) is 0.775. The predicted molar refractivity (Wildman–Crippen MR) is 83.0 cm³/mol. The van der Waals surface area contributed by atoms with E-state index in [1.165, 1.54) is 0 Å². The lowest BCUT2D eigenvalue weighted by atomic mass is 10.2. The van der Waals surface area contributed by atoms with Gasteiger partial charge in [0.2, 0.25) is 4.34 Å². The molecule has 0 saturated carbocycles. The Hall–Kier alpha value is -2.13. The first-order valence-corrected chi connectivity index (χ1v) is 8.54. The summed E-state index contributed by atoms with van der Waals surface area (Å²) >= 11 is 0.782. The van der Waals surface area contributed by atoms with Crippen LogP contribution >= 0.6 is 11.5 Å². The molecule has 1 heterocycles.